The molecule has 0 saturated heterocycles. The Morgan fingerprint density at radius 3 is 2.77 bits per heavy atom. The summed E-state index contributed by atoms with van der Waals surface area (Å²) >= 11 is 3.30. The van der Waals surface area contributed by atoms with Crippen molar-refractivity contribution in [2.45, 2.75) is 20.4 Å². The fraction of sp³-hybridized carbons (Fsp3) is 0.500. The fourth-order valence-corrected chi connectivity index (χ4v) is 1.53. The van der Waals surface area contributed by atoms with Crippen molar-refractivity contribution in [3.63, 3.8) is 0 Å². The smallest absolute Gasteiger partial charge is 0.357 e. The SMILES string of the molecule is CCn1nc(C)c(Br)c1C(=O)OC. The number of rotatable bonds is 2. The minimum Gasteiger partial charge on any atom is -0.464 e. The van der Waals surface area contributed by atoms with Crippen LogP contribution in [0.2, 0.25) is 0 Å². The van der Waals surface area contributed by atoms with Crippen molar-refractivity contribution < 1.29 is 9.53 Å². The molecule has 0 saturated carbocycles. The molecule has 0 aliphatic carbocycles. The fourth-order valence-electron chi connectivity index (χ4n) is 1.08. The van der Waals surface area contributed by atoms with E-state index in [1.807, 2.05) is 13.8 Å². The highest BCUT2D eigenvalue weighted by molar-refractivity contribution is 9.10. The van der Waals surface area contributed by atoms with Crippen LogP contribution in [0.3, 0.4) is 0 Å². The molecule has 0 aliphatic rings. The Morgan fingerprint density at radius 1 is 1.69 bits per heavy atom. The summed E-state index contributed by atoms with van der Waals surface area (Å²) in [5, 5.41) is 4.17. The average molecular weight is 247 g/mol. The molecule has 0 bridgehead atoms. The number of carbonyl (C=O) groups is 1. The lowest BCUT2D eigenvalue weighted by atomic mass is 10.4. The predicted octanol–water partition coefficient (Wildman–Crippen LogP) is 1.76. The van der Waals surface area contributed by atoms with E-state index in [2.05, 4.69) is 25.8 Å². The summed E-state index contributed by atoms with van der Waals surface area (Å²) in [6, 6.07) is 0. The van der Waals surface area contributed by atoms with Crippen molar-refractivity contribution in [3.8, 4) is 0 Å². The molecule has 4 nitrogen and oxygen atoms in total. The van der Waals surface area contributed by atoms with Crippen LogP contribution in [-0.2, 0) is 11.3 Å². The average Bonchev–Trinajstić information content (AvgIpc) is 2.42. The van der Waals surface area contributed by atoms with E-state index in [0.717, 1.165) is 5.69 Å². The lowest BCUT2D eigenvalue weighted by Crippen LogP contribution is -2.11. The normalized spacial score (nSPS) is 10.2. The van der Waals surface area contributed by atoms with Gasteiger partial charge in [0.2, 0.25) is 0 Å². The topological polar surface area (TPSA) is 44.1 Å². The highest BCUT2D eigenvalue weighted by atomic mass is 79.9. The molecule has 1 aromatic heterocycles. The third-order valence-corrected chi connectivity index (χ3v) is 2.68. The van der Waals surface area contributed by atoms with Crippen LogP contribution in [0.4, 0.5) is 0 Å². The molecule has 0 aliphatic heterocycles. The maximum Gasteiger partial charge on any atom is 0.357 e. The number of carbonyl (C=O) groups excluding carboxylic acids is 1. The van der Waals surface area contributed by atoms with Gasteiger partial charge in [-0.1, -0.05) is 0 Å². The number of hydrogen-bond donors (Lipinski definition) is 0. The molecule has 5 heteroatoms. The second-order valence-electron chi connectivity index (χ2n) is 2.56. The Balaban J connectivity index is 3.23. The van der Waals surface area contributed by atoms with Gasteiger partial charge in [0.15, 0.2) is 5.69 Å². The first-order chi connectivity index (χ1) is 6.11. The van der Waals surface area contributed by atoms with Crippen LogP contribution in [0.5, 0.6) is 0 Å². The molecule has 0 fully saturated rings. The van der Waals surface area contributed by atoms with Crippen molar-refractivity contribution in [1.82, 2.24) is 9.78 Å². The largest absolute Gasteiger partial charge is 0.464 e. The lowest BCUT2D eigenvalue weighted by molar-refractivity contribution is 0.0585. The number of methoxy groups -OCH3 is 1. The van der Waals surface area contributed by atoms with Gasteiger partial charge in [-0.25, -0.2) is 4.79 Å². The van der Waals surface area contributed by atoms with E-state index in [4.69, 9.17) is 0 Å². The first-order valence-electron chi connectivity index (χ1n) is 3.93. The summed E-state index contributed by atoms with van der Waals surface area (Å²) in [7, 11) is 1.36. The molecule has 1 rings (SSSR count). The summed E-state index contributed by atoms with van der Waals surface area (Å²) in [5.74, 6) is -0.366. The molecular formula is C8H11BrN2O2. The molecule has 13 heavy (non-hydrogen) atoms. The van der Waals surface area contributed by atoms with Crippen LogP contribution in [0, 0.1) is 6.92 Å². The third-order valence-electron chi connectivity index (χ3n) is 1.73. The minimum absolute atomic E-state index is 0.366. The van der Waals surface area contributed by atoms with Gasteiger partial charge in [-0.2, -0.15) is 5.10 Å². The Labute approximate surface area is 85.0 Å². The van der Waals surface area contributed by atoms with Crippen LogP contribution in [0.25, 0.3) is 0 Å². The second kappa shape index (κ2) is 3.91. The van der Waals surface area contributed by atoms with E-state index >= 15 is 0 Å². The summed E-state index contributed by atoms with van der Waals surface area (Å²) in [5.41, 5.74) is 1.27. The molecule has 0 amide bonds. The van der Waals surface area contributed by atoms with Gasteiger partial charge in [-0.3, -0.25) is 4.68 Å². The van der Waals surface area contributed by atoms with E-state index in [-0.39, 0.29) is 5.97 Å². The molecule has 0 unspecified atom stereocenters. The number of halogens is 1. The maximum atomic E-state index is 11.3. The van der Waals surface area contributed by atoms with Crippen molar-refractivity contribution in [2.24, 2.45) is 0 Å². The van der Waals surface area contributed by atoms with E-state index in [0.29, 0.717) is 16.7 Å². The Bertz CT molecular complexity index is 333. The molecule has 0 aromatic carbocycles. The van der Waals surface area contributed by atoms with Gasteiger partial charge in [0.05, 0.1) is 17.3 Å². The maximum absolute atomic E-state index is 11.3. The van der Waals surface area contributed by atoms with Crippen LogP contribution in [0.1, 0.15) is 23.1 Å². The van der Waals surface area contributed by atoms with Crippen LogP contribution >= 0.6 is 15.9 Å². The van der Waals surface area contributed by atoms with E-state index < -0.39 is 0 Å². The second-order valence-corrected chi connectivity index (χ2v) is 3.35. The number of ether oxygens (including phenoxy) is 1. The zero-order valence-corrected chi connectivity index (χ0v) is 9.38. The van der Waals surface area contributed by atoms with Gasteiger partial charge in [-0.05, 0) is 29.8 Å². The van der Waals surface area contributed by atoms with E-state index in [1.54, 1.807) is 4.68 Å². The van der Waals surface area contributed by atoms with Gasteiger partial charge in [-0.15, -0.1) is 0 Å². The van der Waals surface area contributed by atoms with Crippen molar-refractivity contribution in [3.05, 3.63) is 15.9 Å². The number of esters is 1. The molecule has 72 valence electrons. The summed E-state index contributed by atoms with van der Waals surface area (Å²) < 4.78 is 6.97. The number of nitrogens with zero attached hydrogens (tertiary/aromatic N) is 2. The molecule has 0 N–H and O–H groups in total. The van der Waals surface area contributed by atoms with Crippen LogP contribution in [-0.4, -0.2) is 22.9 Å². The standard InChI is InChI=1S/C8H11BrN2O2/c1-4-11-7(8(12)13-3)6(9)5(2)10-11/h4H2,1-3H3. The zero-order chi connectivity index (χ0) is 10.0. The summed E-state index contributed by atoms with van der Waals surface area (Å²) in [6.07, 6.45) is 0. The van der Waals surface area contributed by atoms with Gasteiger partial charge in [0, 0.05) is 6.54 Å². The molecular weight excluding hydrogens is 236 g/mol. The van der Waals surface area contributed by atoms with Crippen LogP contribution < -0.4 is 0 Å². The van der Waals surface area contributed by atoms with Crippen LogP contribution in [0.15, 0.2) is 4.47 Å². The minimum atomic E-state index is -0.366. The highest BCUT2D eigenvalue weighted by Gasteiger charge is 2.19. The molecule has 0 spiro atoms. The van der Waals surface area contributed by atoms with Crippen molar-refractivity contribution >= 4 is 21.9 Å². The molecule has 0 atom stereocenters. The third kappa shape index (κ3) is 1.75. The number of aromatic nitrogens is 2. The Hall–Kier alpha value is -0.840. The van der Waals surface area contributed by atoms with E-state index in [9.17, 15) is 4.79 Å². The van der Waals surface area contributed by atoms with Gasteiger partial charge in [0.1, 0.15) is 0 Å². The Morgan fingerprint density at radius 2 is 2.31 bits per heavy atom. The first-order valence-corrected chi connectivity index (χ1v) is 4.72. The number of aryl methyl sites for hydroxylation is 2. The van der Waals surface area contributed by atoms with Crippen molar-refractivity contribution in [2.75, 3.05) is 7.11 Å². The lowest BCUT2D eigenvalue weighted by Gasteiger charge is -2.01. The van der Waals surface area contributed by atoms with Gasteiger partial charge < -0.3 is 4.74 Å². The quantitative estimate of drug-likeness (QED) is 0.748. The van der Waals surface area contributed by atoms with E-state index in [1.165, 1.54) is 7.11 Å². The number of hydrogen-bond acceptors (Lipinski definition) is 3. The zero-order valence-electron chi connectivity index (χ0n) is 7.80. The first kappa shape index (κ1) is 10.2. The summed E-state index contributed by atoms with van der Waals surface area (Å²) in [6.45, 7) is 4.41. The van der Waals surface area contributed by atoms with Crippen molar-refractivity contribution in [1.29, 1.82) is 0 Å². The Kier molecular flexibility index (Phi) is 3.08. The summed E-state index contributed by atoms with van der Waals surface area (Å²) in [4.78, 5) is 11.3. The van der Waals surface area contributed by atoms with Gasteiger partial charge in [0.25, 0.3) is 0 Å². The monoisotopic (exact) mass is 246 g/mol. The highest BCUT2D eigenvalue weighted by Crippen LogP contribution is 2.21. The molecule has 0 radical (unpaired) electrons. The molecule has 1 aromatic rings. The molecule has 1 heterocycles. The predicted molar refractivity (Wildman–Crippen MR) is 51.7 cm³/mol. The van der Waals surface area contributed by atoms with Gasteiger partial charge >= 0.3 is 5.97 Å².